The third kappa shape index (κ3) is 5.98. The minimum absolute atomic E-state index is 0.109. The summed E-state index contributed by atoms with van der Waals surface area (Å²) in [6.07, 6.45) is -2.75. The van der Waals surface area contributed by atoms with Crippen LogP contribution >= 0.6 is 11.6 Å². The first kappa shape index (κ1) is 25.1. The lowest BCUT2D eigenvalue weighted by molar-refractivity contribution is -0.274. The van der Waals surface area contributed by atoms with Crippen molar-refractivity contribution < 1.29 is 32.2 Å². The maximum Gasteiger partial charge on any atom is 0.573 e. The summed E-state index contributed by atoms with van der Waals surface area (Å²) in [4.78, 5) is 33.3. The van der Waals surface area contributed by atoms with E-state index in [2.05, 4.69) is 9.72 Å². The smallest absolute Gasteiger partial charge is 0.481 e. The number of aromatic nitrogens is 1. The van der Waals surface area contributed by atoms with E-state index in [1.807, 2.05) is 0 Å². The van der Waals surface area contributed by atoms with Gasteiger partial charge in [0, 0.05) is 43.4 Å². The Hall–Kier alpha value is -3.01. The number of piperidine rings is 1. The molecule has 11 heteroatoms. The number of methoxy groups -OCH3 is 1. The van der Waals surface area contributed by atoms with E-state index in [4.69, 9.17) is 16.3 Å². The SMILES string of the molecule is COc1cc(C(=O)N2CCC3(CCN(C(=O)Cc4ccccc4OC(F)(F)F)C3)CC2)cc(Cl)n1. The summed E-state index contributed by atoms with van der Waals surface area (Å²) in [6, 6.07) is 8.75. The van der Waals surface area contributed by atoms with Crippen LogP contribution in [0.3, 0.4) is 0 Å². The monoisotopic (exact) mass is 511 g/mol. The number of para-hydroxylation sites is 1. The van der Waals surface area contributed by atoms with E-state index in [0.29, 0.717) is 31.7 Å². The van der Waals surface area contributed by atoms with E-state index in [1.54, 1.807) is 21.9 Å². The lowest BCUT2D eigenvalue weighted by Crippen LogP contribution is -2.44. The average Bonchev–Trinajstić information content (AvgIpc) is 3.22. The molecule has 2 saturated heterocycles. The fourth-order valence-electron chi connectivity index (χ4n) is 4.77. The Kier molecular flexibility index (Phi) is 7.12. The highest BCUT2D eigenvalue weighted by atomic mass is 35.5. The zero-order chi connectivity index (χ0) is 25.2. The second kappa shape index (κ2) is 9.93. The molecule has 2 aliphatic rings. The number of likely N-dealkylation sites (tertiary alicyclic amines) is 2. The number of pyridine rings is 1. The molecule has 1 spiro atoms. The normalized spacial score (nSPS) is 17.5. The van der Waals surface area contributed by atoms with Crippen LogP contribution in [0.4, 0.5) is 13.2 Å². The third-order valence-corrected chi connectivity index (χ3v) is 6.86. The van der Waals surface area contributed by atoms with Gasteiger partial charge in [0.05, 0.1) is 13.5 Å². The number of hydrogen-bond acceptors (Lipinski definition) is 5. The van der Waals surface area contributed by atoms with Gasteiger partial charge in [0.25, 0.3) is 5.91 Å². The summed E-state index contributed by atoms with van der Waals surface area (Å²) in [5, 5.41) is 0.174. The number of alkyl halides is 3. The molecule has 2 fully saturated rings. The van der Waals surface area contributed by atoms with Gasteiger partial charge in [-0.2, -0.15) is 0 Å². The van der Waals surface area contributed by atoms with Crippen LogP contribution in [0.15, 0.2) is 36.4 Å². The highest BCUT2D eigenvalue weighted by molar-refractivity contribution is 6.29. The third-order valence-electron chi connectivity index (χ3n) is 6.67. The van der Waals surface area contributed by atoms with Crippen LogP contribution in [-0.2, 0) is 11.2 Å². The molecule has 0 saturated carbocycles. The van der Waals surface area contributed by atoms with E-state index < -0.39 is 6.36 Å². The molecule has 1 aromatic heterocycles. The molecule has 2 aliphatic heterocycles. The molecule has 0 N–H and O–H groups in total. The van der Waals surface area contributed by atoms with Crippen LogP contribution in [0.25, 0.3) is 0 Å². The zero-order valence-electron chi connectivity index (χ0n) is 19.1. The van der Waals surface area contributed by atoms with Crippen LogP contribution in [0, 0.1) is 5.41 Å². The minimum Gasteiger partial charge on any atom is -0.481 e. The van der Waals surface area contributed by atoms with Gasteiger partial charge in [-0.3, -0.25) is 9.59 Å². The van der Waals surface area contributed by atoms with Crippen molar-refractivity contribution in [3.05, 3.63) is 52.7 Å². The van der Waals surface area contributed by atoms with Crippen molar-refractivity contribution in [3.8, 4) is 11.6 Å². The maximum absolute atomic E-state index is 13.0. The van der Waals surface area contributed by atoms with E-state index in [1.165, 1.54) is 31.4 Å². The summed E-state index contributed by atoms with van der Waals surface area (Å²) in [5.41, 5.74) is 0.491. The van der Waals surface area contributed by atoms with Gasteiger partial charge in [0.1, 0.15) is 10.9 Å². The van der Waals surface area contributed by atoms with Crippen molar-refractivity contribution in [1.82, 2.24) is 14.8 Å². The van der Waals surface area contributed by atoms with E-state index in [-0.39, 0.29) is 46.0 Å². The Morgan fingerprint density at radius 2 is 1.74 bits per heavy atom. The van der Waals surface area contributed by atoms with Crippen molar-refractivity contribution in [2.24, 2.45) is 5.41 Å². The Labute approximate surface area is 205 Å². The van der Waals surface area contributed by atoms with Crippen LogP contribution in [-0.4, -0.2) is 66.2 Å². The number of carbonyl (C=O) groups is 2. The molecule has 188 valence electrons. The summed E-state index contributed by atoms with van der Waals surface area (Å²) in [7, 11) is 1.45. The fraction of sp³-hybridized carbons (Fsp3) is 0.458. The zero-order valence-corrected chi connectivity index (χ0v) is 19.9. The van der Waals surface area contributed by atoms with Crippen molar-refractivity contribution in [2.45, 2.75) is 32.0 Å². The molecular weight excluding hydrogens is 487 g/mol. The highest BCUT2D eigenvalue weighted by Crippen LogP contribution is 2.41. The Balaban J connectivity index is 1.35. The number of halogens is 4. The maximum atomic E-state index is 13.0. The first-order chi connectivity index (χ1) is 16.6. The van der Waals surface area contributed by atoms with Crippen LogP contribution in [0.5, 0.6) is 11.6 Å². The Morgan fingerprint density at radius 1 is 1.09 bits per heavy atom. The summed E-state index contributed by atoms with van der Waals surface area (Å²) in [6.45, 7) is 2.12. The lowest BCUT2D eigenvalue weighted by atomic mass is 9.77. The molecule has 0 bridgehead atoms. The predicted octanol–water partition coefficient (Wildman–Crippen LogP) is 4.34. The molecule has 4 rings (SSSR count). The summed E-state index contributed by atoms with van der Waals surface area (Å²) in [5.74, 6) is -0.491. The number of amides is 2. The molecule has 0 unspecified atom stereocenters. The van der Waals surface area contributed by atoms with E-state index in [0.717, 1.165) is 19.3 Å². The van der Waals surface area contributed by atoms with Gasteiger partial charge in [-0.1, -0.05) is 29.8 Å². The van der Waals surface area contributed by atoms with Crippen molar-refractivity contribution >= 4 is 23.4 Å². The van der Waals surface area contributed by atoms with Gasteiger partial charge < -0.3 is 19.3 Å². The van der Waals surface area contributed by atoms with Crippen LogP contribution in [0.1, 0.15) is 35.2 Å². The second-order valence-corrected chi connectivity index (χ2v) is 9.30. The van der Waals surface area contributed by atoms with Gasteiger partial charge in [-0.05, 0) is 36.8 Å². The van der Waals surface area contributed by atoms with Crippen molar-refractivity contribution in [2.75, 3.05) is 33.3 Å². The molecule has 3 heterocycles. The minimum atomic E-state index is -4.82. The van der Waals surface area contributed by atoms with Crippen molar-refractivity contribution in [1.29, 1.82) is 0 Å². The van der Waals surface area contributed by atoms with Gasteiger partial charge in [-0.15, -0.1) is 13.2 Å². The molecular formula is C24H25ClF3N3O4. The number of benzene rings is 1. The van der Waals surface area contributed by atoms with Gasteiger partial charge in [0.15, 0.2) is 0 Å². The number of hydrogen-bond donors (Lipinski definition) is 0. The molecule has 0 aliphatic carbocycles. The van der Waals surface area contributed by atoms with Crippen LogP contribution in [0.2, 0.25) is 5.15 Å². The van der Waals surface area contributed by atoms with E-state index >= 15 is 0 Å². The van der Waals surface area contributed by atoms with Crippen molar-refractivity contribution in [3.63, 3.8) is 0 Å². The number of rotatable bonds is 5. The number of ether oxygens (including phenoxy) is 2. The molecule has 0 radical (unpaired) electrons. The number of nitrogens with zero attached hydrogens (tertiary/aromatic N) is 3. The fourth-order valence-corrected chi connectivity index (χ4v) is 4.97. The van der Waals surface area contributed by atoms with Crippen LogP contribution < -0.4 is 9.47 Å². The lowest BCUT2D eigenvalue weighted by Gasteiger charge is -2.39. The Bertz CT molecular complexity index is 1100. The standard InChI is InChI=1S/C24H25ClF3N3O4/c1-34-20-13-17(12-19(25)29-20)22(33)30-9-6-23(7-10-30)8-11-31(15-23)21(32)14-16-4-2-3-5-18(16)35-24(26,27)28/h2-5,12-13H,6-11,14-15H2,1H3. The highest BCUT2D eigenvalue weighted by Gasteiger charge is 2.43. The predicted molar refractivity (Wildman–Crippen MR) is 121 cm³/mol. The quantitative estimate of drug-likeness (QED) is 0.558. The second-order valence-electron chi connectivity index (χ2n) is 8.91. The average molecular weight is 512 g/mol. The molecule has 2 amide bonds. The first-order valence-corrected chi connectivity index (χ1v) is 11.6. The summed E-state index contributed by atoms with van der Waals surface area (Å²) < 4.78 is 47.2. The first-order valence-electron chi connectivity index (χ1n) is 11.2. The van der Waals surface area contributed by atoms with Gasteiger partial charge in [-0.25, -0.2) is 4.98 Å². The topological polar surface area (TPSA) is 72.0 Å². The largest absolute Gasteiger partial charge is 0.573 e. The molecule has 1 aromatic carbocycles. The summed E-state index contributed by atoms with van der Waals surface area (Å²) >= 11 is 5.99. The molecule has 0 atom stereocenters. The molecule has 35 heavy (non-hydrogen) atoms. The van der Waals surface area contributed by atoms with Gasteiger partial charge >= 0.3 is 6.36 Å². The molecule has 2 aromatic rings. The Morgan fingerprint density at radius 3 is 2.40 bits per heavy atom. The van der Waals surface area contributed by atoms with E-state index in [9.17, 15) is 22.8 Å². The number of carbonyl (C=O) groups excluding carboxylic acids is 2. The van der Waals surface area contributed by atoms with Gasteiger partial charge in [0.2, 0.25) is 11.8 Å². The molecule has 7 nitrogen and oxygen atoms in total.